The van der Waals surface area contributed by atoms with E-state index in [9.17, 15) is 10.1 Å². The number of benzene rings is 1. The Kier molecular flexibility index (Phi) is 4.34. The molecular formula is C12H9BrClN3O2. The molecule has 5 nitrogen and oxygen atoms in total. The zero-order valence-corrected chi connectivity index (χ0v) is 12.0. The molecule has 1 heterocycles. The lowest BCUT2D eigenvalue weighted by Gasteiger charge is -2.08. The molecule has 2 rings (SSSR count). The third-order valence-corrected chi connectivity index (χ3v) is 3.27. The molecule has 0 aliphatic carbocycles. The highest BCUT2D eigenvalue weighted by atomic mass is 79.9. The third kappa shape index (κ3) is 3.42. The van der Waals surface area contributed by atoms with Gasteiger partial charge in [-0.15, -0.1) is 0 Å². The summed E-state index contributed by atoms with van der Waals surface area (Å²) in [6.07, 6.45) is 2.72. The zero-order chi connectivity index (χ0) is 13.8. The van der Waals surface area contributed by atoms with Gasteiger partial charge >= 0.3 is 5.69 Å². The van der Waals surface area contributed by atoms with Crippen LogP contribution in [0.25, 0.3) is 0 Å². The molecule has 0 radical (unpaired) electrons. The Balaban J connectivity index is 2.22. The Morgan fingerprint density at radius 3 is 2.89 bits per heavy atom. The van der Waals surface area contributed by atoms with Crippen LogP contribution in [0.15, 0.2) is 41.1 Å². The SMILES string of the molecule is O=[N+]([O-])c1cncc(Br)c1NCc1cccc(Cl)c1. The predicted molar refractivity (Wildman–Crippen MR) is 77.4 cm³/mol. The van der Waals surface area contributed by atoms with Crippen molar-refractivity contribution in [1.82, 2.24) is 4.98 Å². The van der Waals surface area contributed by atoms with Crippen molar-refractivity contribution in [3.63, 3.8) is 0 Å². The minimum absolute atomic E-state index is 0.0728. The lowest BCUT2D eigenvalue weighted by atomic mass is 10.2. The van der Waals surface area contributed by atoms with Crippen LogP contribution >= 0.6 is 27.5 Å². The van der Waals surface area contributed by atoms with Crippen molar-refractivity contribution in [1.29, 1.82) is 0 Å². The van der Waals surface area contributed by atoms with Gasteiger partial charge in [0.15, 0.2) is 0 Å². The first-order valence-electron chi connectivity index (χ1n) is 5.34. The molecule has 0 atom stereocenters. The minimum atomic E-state index is -0.474. The van der Waals surface area contributed by atoms with E-state index in [-0.39, 0.29) is 5.69 Å². The van der Waals surface area contributed by atoms with E-state index in [1.54, 1.807) is 12.1 Å². The second-order valence-electron chi connectivity index (χ2n) is 3.76. The normalized spacial score (nSPS) is 10.2. The fourth-order valence-electron chi connectivity index (χ4n) is 1.58. The second-order valence-corrected chi connectivity index (χ2v) is 5.05. The summed E-state index contributed by atoms with van der Waals surface area (Å²) < 4.78 is 0.545. The van der Waals surface area contributed by atoms with E-state index < -0.39 is 4.92 Å². The number of anilines is 1. The molecule has 98 valence electrons. The summed E-state index contributed by atoms with van der Waals surface area (Å²) in [5.41, 5.74) is 1.27. The summed E-state index contributed by atoms with van der Waals surface area (Å²) in [6, 6.07) is 7.29. The van der Waals surface area contributed by atoms with Gasteiger partial charge in [0.1, 0.15) is 11.9 Å². The van der Waals surface area contributed by atoms with E-state index in [0.717, 1.165) is 5.56 Å². The average molecular weight is 343 g/mol. The van der Waals surface area contributed by atoms with Gasteiger partial charge in [0.05, 0.1) is 9.40 Å². The van der Waals surface area contributed by atoms with Gasteiger partial charge in [-0.3, -0.25) is 15.1 Å². The van der Waals surface area contributed by atoms with Crippen molar-refractivity contribution in [2.75, 3.05) is 5.32 Å². The molecule has 1 N–H and O–H groups in total. The number of hydrogen-bond acceptors (Lipinski definition) is 4. The number of nitro groups is 1. The number of pyridine rings is 1. The van der Waals surface area contributed by atoms with Crippen LogP contribution in [-0.4, -0.2) is 9.91 Å². The third-order valence-electron chi connectivity index (χ3n) is 2.43. The monoisotopic (exact) mass is 341 g/mol. The number of halogens is 2. The van der Waals surface area contributed by atoms with Crippen molar-refractivity contribution < 1.29 is 4.92 Å². The molecule has 7 heteroatoms. The molecule has 0 fully saturated rings. The Hall–Kier alpha value is -1.66. The quantitative estimate of drug-likeness (QED) is 0.673. The maximum atomic E-state index is 10.9. The van der Waals surface area contributed by atoms with Gasteiger partial charge in [-0.05, 0) is 33.6 Å². The van der Waals surface area contributed by atoms with E-state index >= 15 is 0 Å². The van der Waals surface area contributed by atoms with Crippen LogP contribution in [0.1, 0.15) is 5.56 Å². The lowest BCUT2D eigenvalue weighted by molar-refractivity contribution is -0.384. The van der Waals surface area contributed by atoms with Crippen molar-refractivity contribution in [3.05, 3.63) is 61.8 Å². The van der Waals surface area contributed by atoms with E-state index in [1.165, 1.54) is 12.4 Å². The van der Waals surface area contributed by atoms with Gasteiger partial charge in [0.2, 0.25) is 0 Å². The maximum absolute atomic E-state index is 10.9. The van der Waals surface area contributed by atoms with Crippen LogP contribution in [0.5, 0.6) is 0 Å². The molecule has 0 amide bonds. The van der Waals surface area contributed by atoms with Crippen molar-refractivity contribution in [3.8, 4) is 0 Å². The Labute approximate surface area is 122 Å². The second kappa shape index (κ2) is 5.99. The van der Waals surface area contributed by atoms with E-state index in [0.29, 0.717) is 21.7 Å². The summed E-state index contributed by atoms with van der Waals surface area (Å²) in [6.45, 7) is 0.435. The Bertz CT molecular complexity index is 622. The highest BCUT2D eigenvalue weighted by molar-refractivity contribution is 9.10. The van der Waals surface area contributed by atoms with Crippen LogP contribution < -0.4 is 5.32 Å². The summed E-state index contributed by atoms with van der Waals surface area (Å²) in [7, 11) is 0. The summed E-state index contributed by atoms with van der Waals surface area (Å²) in [4.78, 5) is 14.2. The topological polar surface area (TPSA) is 68.1 Å². The average Bonchev–Trinajstić information content (AvgIpc) is 2.37. The van der Waals surface area contributed by atoms with Crippen LogP contribution in [0.3, 0.4) is 0 Å². The van der Waals surface area contributed by atoms with Crippen LogP contribution in [0.4, 0.5) is 11.4 Å². The van der Waals surface area contributed by atoms with Gasteiger partial charge in [0.25, 0.3) is 0 Å². The smallest absolute Gasteiger partial charge is 0.311 e. The highest BCUT2D eigenvalue weighted by Gasteiger charge is 2.16. The van der Waals surface area contributed by atoms with Crippen molar-refractivity contribution >= 4 is 38.9 Å². The standard InChI is InChI=1S/C12H9BrClN3O2/c13-10-6-15-7-11(17(18)19)12(10)16-5-8-2-1-3-9(14)4-8/h1-4,6-7H,5H2,(H,15,16). The molecule has 0 saturated heterocycles. The molecule has 1 aromatic heterocycles. The molecule has 0 bridgehead atoms. The highest BCUT2D eigenvalue weighted by Crippen LogP contribution is 2.31. The number of rotatable bonds is 4. The number of hydrogen-bond donors (Lipinski definition) is 1. The molecule has 1 aromatic carbocycles. The van der Waals surface area contributed by atoms with Gasteiger partial charge in [-0.1, -0.05) is 23.7 Å². The molecule has 0 spiro atoms. The number of nitrogens with one attached hydrogen (secondary N) is 1. The van der Waals surface area contributed by atoms with Crippen molar-refractivity contribution in [2.24, 2.45) is 0 Å². The van der Waals surface area contributed by atoms with Gasteiger partial charge < -0.3 is 5.32 Å². The largest absolute Gasteiger partial charge is 0.374 e. The first-order valence-corrected chi connectivity index (χ1v) is 6.51. The summed E-state index contributed by atoms with van der Waals surface area (Å²) >= 11 is 9.13. The summed E-state index contributed by atoms with van der Waals surface area (Å²) in [5, 5.41) is 14.6. The van der Waals surface area contributed by atoms with E-state index in [1.807, 2.05) is 12.1 Å². The Morgan fingerprint density at radius 1 is 1.42 bits per heavy atom. The van der Waals surface area contributed by atoms with Crippen LogP contribution in [0, 0.1) is 10.1 Å². The fraction of sp³-hybridized carbons (Fsp3) is 0.0833. The van der Waals surface area contributed by atoms with Crippen molar-refractivity contribution in [2.45, 2.75) is 6.54 Å². The van der Waals surface area contributed by atoms with E-state index in [4.69, 9.17) is 11.6 Å². The van der Waals surface area contributed by atoms with Crippen LogP contribution in [-0.2, 0) is 6.54 Å². The predicted octanol–water partition coefficient (Wildman–Crippen LogP) is 4.02. The molecule has 0 saturated carbocycles. The molecule has 19 heavy (non-hydrogen) atoms. The molecular weight excluding hydrogens is 334 g/mol. The van der Waals surface area contributed by atoms with Crippen LogP contribution in [0.2, 0.25) is 5.02 Å². The minimum Gasteiger partial charge on any atom is -0.374 e. The van der Waals surface area contributed by atoms with E-state index in [2.05, 4.69) is 26.2 Å². The molecule has 0 unspecified atom stereocenters. The first kappa shape index (κ1) is 13.8. The molecule has 0 aliphatic rings. The van der Waals surface area contributed by atoms with Gasteiger partial charge in [0, 0.05) is 17.8 Å². The molecule has 2 aromatic rings. The number of aromatic nitrogens is 1. The first-order chi connectivity index (χ1) is 9.08. The molecule has 0 aliphatic heterocycles. The van der Waals surface area contributed by atoms with Gasteiger partial charge in [-0.25, -0.2) is 0 Å². The van der Waals surface area contributed by atoms with Gasteiger partial charge in [-0.2, -0.15) is 0 Å². The fourth-order valence-corrected chi connectivity index (χ4v) is 2.25. The Morgan fingerprint density at radius 2 is 2.21 bits per heavy atom. The number of nitrogens with zero attached hydrogens (tertiary/aromatic N) is 2. The maximum Gasteiger partial charge on any atom is 0.311 e. The lowest BCUT2D eigenvalue weighted by Crippen LogP contribution is -2.04. The summed E-state index contributed by atoms with van der Waals surface area (Å²) in [5.74, 6) is 0. The zero-order valence-electron chi connectivity index (χ0n) is 9.64.